The lowest BCUT2D eigenvalue weighted by molar-refractivity contribution is 0.00334. The van der Waals surface area contributed by atoms with Crippen molar-refractivity contribution in [1.29, 1.82) is 0 Å². The molecule has 2 heteroatoms. The first-order valence-electron chi connectivity index (χ1n) is 9.96. The van der Waals surface area contributed by atoms with Crippen LogP contribution in [-0.4, -0.2) is 36.7 Å². The van der Waals surface area contributed by atoms with Crippen LogP contribution in [0.1, 0.15) is 92.9 Å². The van der Waals surface area contributed by atoms with Gasteiger partial charge in [-0.25, -0.2) is 0 Å². The van der Waals surface area contributed by atoms with Gasteiger partial charge in [-0.3, -0.25) is 4.90 Å². The largest absolute Gasteiger partial charge is 0.382 e. The second kappa shape index (κ2) is 8.85. The Kier molecular flexibility index (Phi) is 8.07. The van der Waals surface area contributed by atoms with E-state index in [2.05, 4.69) is 53.5 Å². The van der Waals surface area contributed by atoms with Gasteiger partial charge in [-0.1, -0.05) is 33.6 Å². The fraction of sp³-hybridized carbons (Fsp3) is 1.00. The molecule has 0 spiro atoms. The van der Waals surface area contributed by atoms with Crippen molar-refractivity contribution in [3.8, 4) is 0 Å². The third kappa shape index (κ3) is 5.46. The SMILES string of the molecule is CCCC(C)(CC)C1CCC(N(C)C(C)(C)CC(C)OC)CC1. The average molecular weight is 326 g/mol. The van der Waals surface area contributed by atoms with E-state index < -0.39 is 0 Å². The molecule has 0 bridgehead atoms. The molecule has 1 saturated carbocycles. The van der Waals surface area contributed by atoms with Crippen LogP contribution in [0.25, 0.3) is 0 Å². The minimum Gasteiger partial charge on any atom is -0.382 e. The molecular formula is C21H43NO. The standard InChI is InChI=1S/C21H43NO/c1-9-15-21(6,10-2)18-11-13-19(14-12-18)22(7)20(4,5)16-17(3)23-8/h17-19H,9-16H2,1-8H3. The molecular weight excluding hydrogens is 282 g/mol. The van der Waals surface area contributed by atoms with Crippen molar-refractivity contribution in [2.24, 2.45) is 11.3 Å². The van der Waals surface area contributed by atoms with Crippen molar-refractivity contribution >= 4 is 0 Å². The summed E-state index contributed by atoms with van der Waals surface area (Å²) < 4.78 is 5.50. The van der Waals surface area contributed by atoms with E-state index >= 15 is 0 Å². The average Bonchev–Trinajstić information content (AvgIpc) is 2.53. The van der Waals surface area contributed by atoms with E-state index in [4.69, 9.17) is 4.74 Å². The molecule has 0 aromatic heterocycles. The zero-order chi connectivity index (χ0) is 17.7. The summed E-state index contributed by atoms with van der Waals surface area (Å²) in [7, 11) is 4.16. The van der Waals surface area contributed by atoms with Crippen molar-refractivity contribution in [3.63, 3.8) is 0 Å². The number of hydrogen-bond acceptors (Lipinski definition) is 2. The van der Waals surface area contributed by atoms with Gasteiger partial charge in [0.2, 0.25) is 0 Å². The van der Waals surface area contributed by atoms with Crippen molar-refractivity contribution in [3.05, 3.63) is 0 Å². The summed E-state index contributed by atoms with van der Waals surface area (Å²) in [5.74, 6) is 0.929. The minimum atomic E-state index is 0.213. The molecule has 1 aliphatic carbocycles. The Hall–Kier alpha value is -0.0800. The molecule has 0 aliphatic heterocycles. The van der Waals surface area contributed by atoms with Gasteiger partial charge in [0, 0.05) is 18.7 Å². The highest BCUT2D eigenvalue weighted by Crippen LogP contribution is 2.45. The molecule has 1 fully saturated rings. The number of methoxy groups -OCH3 is 1. The highest BCUT2D eigenvalue weighted by molar-refractivity contribution is 4.92. The molecule has 2 atom stereocenters. The maximum atomic E-state index is 5.50. The summed E-state index contributed by atoms with van der Waals surface area (Å²) in [5, 5.41) is 0. The third-order valence-corrected chi connectivity index (χ3v) is 7.00. The number of hydrogen-bond donors (Lipinski definition) is 0. The van der Waals surface area contributed by atoms with Crippen LogP contribution in [0.4, 0.5) is 0 Å². The smallest absolute Gasteiger partial charge is 0.0560 e. The van der Waals surface area contributed by atoms with Crippen LogP contribution in [0, 0.1) is 11.3 Å². The molecule has 23 heavy (non-hydrogen) atoms. The summed E-state index contributed by atoms with van der Waals surface area (Å²) in [4.78, 5) is 2.64. The van der Waals surface area contributed by atoms with Gasteiger partial charge in [0.1, 0.15) is 0 Å². The Morgan fingerprint density at radius 3 is 2.09 bits per heavy atom. The summed E-state index contributed by atoms with van der Waals surface area (Å²) in [6.45, 7) is 14.2. The van der Waals surface area contributed by atoms with Gasteiger partial charge in [-0.2, -0.15) is 0 Å². The molecule has 0 N–H and O–H groups in total. The molecule has 0 aromatic carbocycles. The molecule has 1 aliphatic rings. The molecule has 0 saturated heterocycles. The zero-order valence-electron chi connectivity index (χ0n) is 17.2. The number of ether oxygens (including phenoxy) is 1. The first kappa shape index (κ1) is 21.0. The van der Waals surface area contributed by atoms with Crippen LogP contribution < -0.4 is 0 Å². The van der Waals surface area contributed by atoms with Crippen LogP contribution in [0.2, 0.25) is 0 Å². The fourth-order valence-corrected chi connectivity index (χ4v) is 4.83. The summed E-state index contributed by atoms with van der Waals surface area (Å²) in [6, 6.07) is 0.744. The Morgan fingerprint density at radius 2 is 1.65 bits per heavy atom. The van der Waals surface area contributed by atoms with Crippen molar-refractivity contribution in [2.45, 2.75) is 111 Å². The van der Waals surface area contributed by atoms with E-state index in [1.165, 1.54) is 44.9 Å². The molecule has 1 rings (SSSR count). The molecule has 0 radical (unpaired) electrons. The minimum absolute atomic E-state index is 0.213. The van der Waals surface area contributed by atoms with E-state index in [-0.39, 0.29) is 5.54 Å². The third-order valence-electron chi connectivity index (χ3n) is 7.00. The van der Waals surface area contributed by atoms with Crippen LogP contribution in [0.3, 0.4) is 0 Å². The van der Waals surface area contributed by atoms with Crippen molar-refractivity contribution < 1.29 is 4.74 Å². The molecule has 0 heterocycles. The molecule has 0 aromatic rings. The van der Waals surface area contributed by atoms with Gasteiger partial charge in [-0.15, -0.1) is 0 Å². The Bertz CT molecular complexity index is 333. The van der Waals surface area contributed by atoms with Gasteiger partial charge in [0.25, 0.3) is 0 Å². The highest BCUT2D eigenvalue weighted by Gasteiger charge is 2.38. The quantitative estimate of drug-likeness (QED) is 0.523. The first-order chi connectivity index (χ1) is 10.7. The zero-order valence-corrected chi connectivity index (χ0v) is 17.2. The van der Waals surface area contributed by atoms with Gasteiger partial charge >= 0.3 is 0 Å². The predicted octanol–water partition coefficient (Wildman–Crippen LogP) is 5.90. The Labute approximate surface area is 146 Å². The van der Waals surface area contributed by atoms with Gasteiger partial charge in [-0.05, 0) is 77.7 Å². The number of rotatable bonds is 9. The fourth-order valence-electron chi connectivity index (χ4n) is 4.83. The van der Waals surface area contributed by atoms with E-state index in [1.54, 1.807) is 0 Å². The molecule has 2 unspecified atom stereocenters. The Morgan fingerprint density at radius 1 is 1.09 bits per heavy atom. The lowest BCUT2D eigenvalue weighted by Gasteiger charge is -2.47. The van der Waals surface area contributed by atoms with Gasteiger partial charge in [0.05, 0.1) is 6.10 Å². The monoisotopic (exact) mass is 325 g/mol. The summed E-state index contributed by atoms with van der Waals surface area (Å²) >= 11 is 0. The second-order valence-electron chi connectivity index (χ2n) is 8.94. The first-order valence-corrected chi connectivity index (χ1v) is 9.96. The molecule has 138 valence electrons. The van der Waals surface area contributed by atoms with E-state index in [9.17, 15) is 0 Å². The van der Waals surface area contributed by atoms with Crippen LogP contribution in [0.15, 0.2) is 0 Å². The lowest BCUT2D eigenvalue weighted by Crippen LogP contribution is -2.50. The second-order valence-corrected chi connectivity index (χ2v) is 8.94. The topological polar surface area (TPSA) is 12.5 Å². The molecule has 2 nitrogen and oxygen atoms in total. The van der Waals surface area contributed by atoms with Crippen molar-refractivity contribution in [2.75, 3.05) is 14.2 Å². The van der Waals surface area contributed by atoms with E-state index in [0.29, 0.717) is 11.5 Å². The lowest BCUT2D eigenvalue weighted by atomic mass is 9.65. The van der Waals surface area contributed by atoms with Crippen LogP contribution >= 0.6 is 0 Å². The normalized spacial score (nSPS) is 27.0. The summed E-state index contributed by atoms with van der Waals surface area (Å²) in [5.41, 5.74) is 0.781. The maximum absolute atomic E-state index is 5.50. The Balaban J connectivity index is 2.61. The summed E-state index contributed by atoms with van der Waals surface area (Å²) in [6.07, 6.45) is 11.0. The van der Waals surface area contributed by atoms with Crippen molar-refractivity contribution in [1.82, 2.24) is 4.90 Å². The molecule has 0 amide bonds. The van der Waals surface area contributed by atoms with E-state index in [1.807, 2.05) is 7.11 Å². The number of nitrogens with zero attached hydrogens (tertiary/aromatic N) is 1. The van der Waals surface area contributed by atoms with Gasteiger partial charge < -0.3 is 4.74 Å². The van der Waals surface area contributed by atoms with E-state index in [0.717, 1.165) is 18.4 Å². The predicted molar refractivity (Wildman–Crippen MR) is 102 cm³/mol. The van der Waals surface area contributed by atoms with Gasteiger partial charge in [0.15, 0.2) is 0 Å². The highest BCUT2D eigenvalue weighted by atomic mass is 16.5. The van der Waals surface area contributed by atoms with Crippen LogP contribution in [-0.2, 0) is 4.74 Å². The maximum Gasteiger partial charge on any atom is 0.0560 e. The van der Waals surface area contributed by atoms with Crippen LogP contribution in [0.5, 0.6) is 0 Å².